The van der Waals surface area contributed by atoms with Gasteiger partial charge >= 0.3 is 0 Å². The van der Waals surface area contributed by atoms with E-state index in [1.54, 1.807) is 12.1 Å². The van der Waals surface area contributed by atoms with Gasteiger partial charge in [0.05, 0.1) is 17.9 Å². The molecular formula is C28H34FN5O4S. The summed E-state index contributed by atoms with van der Waals surface area (Å²) in [5, 5.41) is -0.366. The van der Waals surface area contributed by atoms with Crippen molar-refractivity contribution in [1.29, 1.82) is 0 Å². The summed E-state index contributed by atoms with van der Waals surface area (Å²) in [6.45, 7) is 9.93. The topological polar surface area (TPSA) is 128 Å². The SMILES string of the molecule is CC(C)COc1cc(F)cc(-c2ccc(C(=O)NS(=O)(=O)c3cccc(N)n3)c(N3CCCC(C)(C)C3)n2)c1. The van der Waals surface area contributed by atoms with Crippen LogP contribution < -0.4 is 20.1 Å². The first-order chi connectivity index (χ1) is 18.3. The summed E-state index contributed by atoms with van der Waals surface area (Å²) in [4.78, 5) is 23.9. The summed E-state index contributed by atoms with van der Waals surface area (Å²) in [5.41, 5.74) is 6.58. The number of sulfonamides is 1. The molecule has 0 bridgehead atoms. The number of carbonyl (C=O) groups excluding carboxylic acids is 1. The maximum atomic E-state index is 14.5. The molecule has 1 fully saturated rings. The van der Waals surface area contributed by atoms with E-state index in [-0.39, 0.29) is 27.7 Å². The first kappa shape index (κ1) is 28.3. The molecule has 3 heterocycles. The molecule has 1 aromatic carbocycles. The molecule has 9 nitrogen and oxygen atoms in total. The Morgan fingerprint density at radius 1 is 1.18 bits per heavy atom. The quantitative estimate of drug-likeness (QED) is 0.411. The van der Waals surface area contributed by atoms with Crippen LogP contribution >= 0.6 is 0 Å². The van der Waals surface area contributed by atoms with Crippen molar-refractivity contribution in [2.45, 2.75) is 45.6 Å². The number of hydrogen-bond acceptors (Lipinski definition) is 8. The number of rotatable bonds is 8. The molecule has 11 heteroatoms. The third-order valence-electron chi connectivity index (χ3n) is 6.32. The van der Waals surface area contributed by atoms with Crippen LogP contribution in [-0.2, 0) is 10.0 Å². The lowest BCUT2D eigenvalue weighted by Crippen LogP contribution is -2.42. The number of benzene rings is 1. The van der Waals surface area contributed by atoms with Crippen molar-refractivity contribution < 1.29 is 22.3 Å². The van der Waals surface area contributed by atoms with Crippen LogP contribution in [0.5, 0.6) is 5.75 Å². The van der Waals surface area contributed by atoms with E-state index in [0.717, 1.165) is 12.8 Å². The number of pyridine rings is 2. The van der Waals surface area contributed by atoms with Gasteiger partial charge in [-0.2, -0.15) is 8.42 Å². The summed E-state index contributed by atoms with van der Waals surface area (Å²) in [6.07, 6.45) is 1.87. The Balaban J connectivity index is 1.74. The van der Waals surface area contributed by atoms with E-state index < -0.39 is 21.7 Å². The fourth-order valence-electron chi connectivity index (χ4n) is 4.50. The Bertz CT molecular complexity index is 1480. The van der Waals surface area contributed by atoms with Crippen LogP contribution in [0.15, 0.2) is 53.6 Å². The van der Waals surface area contributed by atoms with Crippen molar-refractivity contribution >= 4 is 27.6 Å². The molecule has 2 aromatic heterocycles. The van der Waals surface area contributed by atoms with Crippen molar-refractivity contribution in [2.75, 3.05) is 30.3 Å². The standard InChI is InChI=1S/C28H34FN5O4S/c1-18(2)16-38-21-14-19(13-20(29)15-21)23-10-9-22(26(31-23)34-12-6-11-28(3,4)17-34)27(35)33-39(36,37)25-8-5-7-24(30)32-25/h5,7-10,13-15,18H,6,11-12,16-17H2,1-4H3,(H2,30,32)(H,33,35). The van der Waals surface area contributed by atoms with Gasteiger partial charge in [-0.3, -0.25) is 4.79 Å². The van der Waals surface area contributed by atoms with Crippen molar-refractivity contribution in [3.8, 4) is 17.0 Å². The minimum absolute atomic E-state index is 0.0133. The van der Waals surface area contributed by atoms with Crippen LogP contribution in [0.4, 0.5) is 16.0 Å². The van der Waals surface area contributed by atoms with Crippen molar-refractivity contribution in [1.82, 2.24) is 14.7 Å². The molecule has 1 aliphatic heterocycles. The number of amides is 1. The molecule has 0 unspecified atom stereocenters. The zero-order chi connectivity index (χ0) is 28.4. The van der Waals surface area contributed by atoms with Gasteiger partial charge < -0.3 is 15.4 Å². The molecule has 0 saturated carbocycles. The summed E-state index contributed by atoms with van der Waals surface area (Å²) in [7, 11) is -4.29. The molecule has 39 heavy (non-hydrogen) atoms. The number of nitrogens with two attached hydrogens (primary N) is 1. The van der Waals surface area contributed by atoms with Crippen molar-refractivity contribution in [3.63, 3.8) is 0 Å². The highest BCUT2D eigenvalue weighted by atomic mass is 32.2. The number of nitrogens with zero attached hydrogens (tertiary/aromatic N) is 3. The van der Waals surface area contributed by atoms with Crippen LogP contribution in [0.25, 0.3) is 11.3 Å². The summed E-state index contributed by atoms with van der Waals surface area (Å²) in [6, 6.07) is 11.6. The van der Waals surface area contributed by atoms with E-state index >= 15 is 0 Å². The number of halogens is 1. The smallest absolute Gasteiger partial charge is 0.281 e. The molecule has 0 spiro atoms. The molecule has 0 aliphatic carbocycles. The molecule has 4 rings (SSSR count). The highest BCUT2D eigenvalue weighted by Gasteiger charge is 2.31. The van der Waals surface area contributed by atoms with E-state index in [4.69, 9.17) is 15.5 Å². The van der Waals surface area contributed by atoms with Gasteiger partial charge in [0.15, 0.2) is 5.03 Å². The molecule has 3 N–H and O–H groups in total. The first-order valence-corrected chi connectivity index (χ1v) is 14.3. The Labute approximate surface area is 228 Å². The third-order valence-corrected chi connectivity index (χ3v) is 7.55. The Hall–Kier alpha value is -3.73. The molecule has 208 valence electrons. The second-order valence-electron chi connectivity index (χ2n) is 11.0. The van der Waals surface area contributed by atoms with Crippen molar-refractivity contribution in [2.24, 2.45) is 11.3 Å². The fraction of sp³-hybridized carbons (Fsp3) is 0.393. The average Bonchev–Trinajstić information content (AvgIpc) is 2.86. The lowest BCUT2D eigenvalue weighted by Gasteiger charge is -2.39. The lowest BCUT2D eigenvalue weighted by molar-refractivity contribution is 0.0981. The Morgan fingerprint density at radius 3 is 2.64 bits per heavy atom. The van der Waals surface area contributed by atoms with Crippen LogP contribution in [0.2, 0.25) is 0 Å². The molecule has 1 aliphatic rings. The van der Waals surface area contributed by atoms with Crippen molar-refractivity contribution in [3.05, 3.63) is 59.9 Å². The second-order valence-corrected chi connectivity index (χ2v) is 12.6. The molecule has 1 amide bonds. The van der Waals surface area contributed by atoms with Gasteiger partial charge in [-0.15, -0.1) is 0 Å². The third kappa shape index (κ3) is 7.03. The molecular weight excluding hydrogens is 521 g/mol. The minimum Gasteiger partial charge on any atom is -0.493 e. The monoisotopic (exact) mass is 555 g/mol. The van der Waals surface area contributed by atoms with Crippen LogP contribution in [0.1, 0.15) is 50.9 Å². The number of anilines is 2. The maximum Gasteiger partial charge on any atom is 0.281 e. The summed E-state index contributed by atoms with van der Waals surface area (Å²) < 4.78 is 48.1. The van der Waals surface area contributed by atoms with Crippen LogP contribution in [-0.4, -0.2) is 44.0 Å². The van der Waals surface area contributed by atoms with Gasteiger partial charge in [0.2, 0.25) is 0 Å². The van der Waals surface area contributed by atoms with Gasteiger partial charge in [-0.1, -0.05) is 33.8 Å². The number of ether oxygens (including phenoxy) is 1. The number of carbonyl (C=O) groups is 1. The van der Waals surface area contributed by atoms with Gasteiger partial charge in [0, 0.05) is 24.7 Å². The van der Waals surface area contributed by atoms with Gasteiger partial charge in [0.25, 0.3) is 15.9 Å². The number of nitrogen functional groups attached to an aromatic ring is 1. The largest absolute Gasteiger partial charge is 0.493 e. The fourth-order valence-corrected chi connectivity index (χ4v) is 5.44. The zero-order valence-electron chi connectivity index (χ0n) is 22.6. The van der Waals surface area contributed by atoms with E-state index in [2.05, 4.69) is 23.6 Å². The average molecular weight is 556 g/mol. The van der Waals surface area contributed by atoms with E-state index in [9.17, 15) is 17.6 Å². The van der Waals surface area contributed by atoms with E-state index in [0.29, 0.717) is 42.5 Å². The highest BCUT2D eigenvalue weighted by Crippen LogP contribution is 2.34. The summed E-state index contributed by atoms with van der Waals surface area (Å²) >= 11 is 0. The molecule has 0 radical (unpaired) electrons. The molecule has 0 atom stereocenters. The van der Waals surface area contributed by atoms with Gasteiger partial charge in [0.1, 0.15) is 23.2 Å². The summed E-state index contributed by atoms with van der Waals surface area (Å²) in [5.74, 6) is -0.348. The highest BCUT2D eigenvalue weighted by molar-refractivity contribution is 7.90. The normalized spacial score (nSPS) is 15.3. The van der Waals surface area contributed by atoms with Gasteiger partial charge in [-0.25, -0.2) is 19.1 Å². The first-order valence-electron chi connectivity index (χ1n) is 12.8. The zero-order valence-corrected chi connectivity index (χ0v) is 23.4. The Morgan fingerprint density at radius 2 is 1.95 bits per heavy atom. The minimum atomic E-state index is -4.29. The van der Waals surface area contributed by atoms with Crippen LogP contribution in [0.3, 0.4) is 0 Å². The maximum absolute atomic E-state index is 14.5. The number of aromatic nitrogens is 2. The van der Waals surface area contributed by atoms with Crippen LogP contribution in [0, 0.1) is 17.2 Å². The Kier molecular flexibility index (Phi) is 8.10. The van der Waals surface area contributed by atoms with E-state index in [1.807, 2.05) is 18.7 Å². The van der Waals surface area contributed by atoms with E-state index in [1.165, 1.54) is 36.4 Å². The predicted octanol–water partition coefficient (Wildman–Crippen LogP) is 4.64. The predicted molar refractivity (Wildman–Crippen MR) is 148 cm³/mol. The number of piperidine rings is 1. The molecule has 1 saturated heterocycles. The lowest BCUT2D eigenvalue weighted by atomic mass is 9.84. The van der Waals surface area contributed by atoms with Gasteiger partial charge in [-0.05, 0) is 60.6 Å². The number of hydrogen-bond donors (Lipinski definition) is 2. The number of nitrogens with one attached hydrogen (secondary N) is 1. The second kappa shape index (κ2) is 11.2. The molecule has 3 aromatic rings.